The van der Waals surface area contributed by atoms with Crippen molar-refractivity contribution in [3.05, 3.63) is 44.8 Å². The first-order chi connectivity index (χ1) is 11.6. The van der Waals surface area contributed by atoms with Crippen LogP contribution in [0.15, 0.2) is 35.0 Å². The number of piperazine rings is 1. The summed E-state index contributed by atoms with van der Waals surface area (Å²) in [5.41, 5.74) is 0. The van der Waals surface area contributed by atoms with Gasteiger partial charge in [-0.2, -0.15) is 0 Å². The molecule has 3 heterocycles. The van der Waals surface area contributed by atoms with Crippen LogP contribution in [0.25, 0.3) is 0 Å². The first-order valence-electron chi connectivity index (χ1n) is 7.46. The van der Waals surface area contributed by atoms with Crippen molar-refractivity contribution in [2.75, 3.05) is 32.8 Å². The number of nitrogens with zero attached hydrogens (tertiary/aromatic N) is 2. The fourth-order valence-electron chi connectivity index (χ4n) is 2.40. The van der Waals surface area contributed by atoms with E-state index in [1.54, 1.807) is 33.4 Å². The Morgan fingerprint density at radius 1 is 0.917 bits per heavy atom. The van der Waals surface area contributed by atoms with Gasteiger partial charge in [0.1, 0.15) is 4.88 Å². The highest BCUT2D eigenvalue weighted by molar-refractivity contribution is 7.12. The van der Waals surface area contributed by atoms with Gasteiger partial charge in [0.15, 0.2) is 6.61 Å². The number of hydrogen-bond acceptors (Lipinski definition) is 6. The number of rotatable bonds is 4. The smallest absolute Gasteiger partial charge is 0.348 e. The lowest BCUT2D eigenvalue weighted by atomic mass is 10.3. The van der Waals surface area contributed by atoms with E-state index in [1.807, 2.05) is 11.4 Å². The van der Waals surface area contributed by atoms with E-state index in [1.165, 1.54) is 22.7 Å². The quantitative estimate of drug-likeness (QED) is 0.778. The van der Waals surface area contributed by atoms with E-state index in [-0.39, 0.29) is 18.4 Å². The van der Waals surface area contributed by atoms with Crippen molar-refractivity contribution in [2.24, 2.45) is 0 Å². The Hall–Kier alpha value is -2.19. The van der Waals surface area contributed by atoms with Crippen molar-refractivity contribution < 1.29 is 19.1 Å². The first kappa shape index (κ1) is 16.7. The van der Waals surface area contributed by atoms with Gasteiger partial charge in [0.2, 0.25) is 0 Å². The lowest BCUT2D eigenvalue weighted by molar-refractivity contribution is -0.136. The topological polar surface area (TPSA) is 66.9 Å². The summed E-state index contributed by atoms with van der Waals surface area (Å²) in [7, 11) is 0. The Kier molecular flexibility index (Phi) is 5.27. The van der Waals surface area contributed by atoms with Gasteiger partial charge in [0.25, 0.3) is 11.8 Å². The number of carbonyl (C=O) groups is 3. The Bertz CT molecular complexity index is 705. The molecule has 1 aliphatic rings. The lowest BCUT2D eigenvalue weighted by Gasteiger charge is -2.34. The van der Waals surface area contributed by atoms with Gasteiger partial charge in [-0.1, -0.05) is 12.1 Å². The van der Waals surface area contributed by atoms with Gasteiger partial charge in [-0.05, 0) is 22.9 Å². The molecule has 0 unspecified atom stereocenters. The molecule has 126 valence electrons. The van der Waals surface area contributed by atoms with Crippen LogP contribution in [0.4, 0.5) is 0 Å². The minimum atomic E-state index is -0.482. The van der Waals surface area contributed by atoms with Gasteiger partial charge < -0.3 is 14.5 Å². The van der Waals surface area contributed by atoms with E-state index < -0.39 is 5.97 Å². The van der Waals surface area contributed by atoms with Crippen molar-refractivity contribution in [1.29, 1.82) is 0 Å². The second-order valence-electron chi connectivity index (χ2n) is 5.20. The molecular formula is C16H16N2O4S2. The maximum atomic E-state index is 12.2. The van der Waals surface area contributed by atoms with Crippen LogP contribution in [0, 0.1) is 0 Å². The zero-order chi connectivity index (χ0) is 16.9. The predicted octanol–water partition coefficient (Wildman–Crippen LogP) is 1.95. The summed E-state index contributed by atoms with van der Waals surface area (Å²) in [6, 6.07) is 7.06. The predicted molar refractivity (Wildman–Crippen MR) is 91.4 cm³/mol. The zero-order valence-corrected chi connectivity index (χ0v) is 14.5. The van der Waals surface area contributed by atoms with Crippen LogP contribution in [0.5, 0.6) is 0 Å². The Balaban J connectivity index is 1.45. The van der Waals surface area contributed by atoms with Crippen molar-refractivity contribution in [2.45, 2.75) is 0 Å². The third-order valence-electron chi connectivity index (χ3n) is 3.70. The van der Waals surface area contributed by atoms with Crippen molar-refractivity contribution in [3.8, 4) is 0 Å². The Morgan fingerprint density at radius 3 is 2.08 bits per heavy atom. The fraction of sp³-hybridized carbons (Fsp3) is 0.312. The van der Waals surface area contributed by atoms with E-state index in [9.17, 15) is 14.4 Å². The molecule has 6 nitrogen and oxygen atoms in total. The van der Waals surface area contributed by atoms with E-state index >= 15 is 0 Å². The summed E-state index contributed by atoms with van der Waals surface area (Å²) in [5, 5.41) is 3.65. The molecule has 2 amide bonds. The standard InChI is InChI=1S/C16H16N2O4S2/c19-14(11-22-16(21)13-4-2-10-24-13)17-5-7-18(8-6-17)15(20)12-3-1-9-23-12/h1-4,9-10H,5-8,11H2. The third-order valence-corrected chi connectivity index (χ3v) is 5.41. The van der Waals surface area contributed by atoms with Gasteiger partial charge in [0.05, 0.1) is 4.88 Å². The Labute approximate surface area is 147 Å². The third kappa shape index (κ3) is 3.82. The summed E-state index contributed by atoms with van der Waals surface area (Å²) in [4.78, 5) is 40.7. The highest BCUT2D eigenvalue weighted by Crippen LogP contribution is 2.14. The van der Waals surface area contributed by atoms with Crippen LogP contribution in [-0.4, -0.2) is 60.4 Å². The van der Waals surface area contributed by atoms with Crippen LogP contribution in [-0.2, 0) is 9.53 Å². The molecule has 2 aromatic rings. The lowest BCUT2D eigenvalue weighted by Crippen LogP contribution is -2.51. The van der Waals surface area contributed by atoms with E-state index in [0.717, 1.165) is 0 Å². The molecule has 0 radical (unpaired) electrons. The first-order valence-corrected chi connectivity index (χ1v) is 9.22. The van der Waals surface area contributed by atoms with Crippen LogP contribution in [0.3, 0.4) is 0 Å². The van der Waals surface area contributed by atoms with Crippen LogP contribution in [0.1, 0.15) is 19.3 Å². The van der Waals surface area contributed by atoms with E-state index in [4.69, 9.17) is 4.74 Å². The van der Waals surface area contributed by atoms with Crippen LogP contribution < -0.4 is 0 Å². The molecular weight excluding hydrogens is 348 g/mol. The summed E-state index contributed by atoms with van der Waals surface area (Å²) in [5.74, 6) is -0.714. The van der Waals surface area contributed by atoms with Gasteiger partial charge in [-0.3, -0.25) is 9.59 Å². The largest absolute Gasteiger partial charge is 0.451 e. The van der Waals surface area contributed by atoms with Gasteiger partial charge in [-0.15, -0.1) is 22.7 Å². The molecule has 0 bridgehead atoms. The average molecular weight is 364 g/mol. The van der Waals surface area contributed by atoms with E-state index in [2.05, 4.69) is 0 Å². The fourth-order valence-corrected chi connectivity index (χ4v) is 3.71. The molecule has 3 rings (SSSR count). The maximum Gasteiger partial charge on any atom is 0.348 e. The number of hydrogen-bond donors (Lipinski definition) is 0. The molecule has 0 atom stereocenters. The molecule has 0 aromatic carbocycles. The molecule has 8 heteroatoms. The summed E-state index contributed by atoms with van der Waals surface area (Å²) in [6.45, 7) is 1.61. The molecule has 1 fully saturated rings. The van der Waals surface area contributed by atoms with E-state index in [0.29, 0.717) is 35.9 Å². The minimum absolute atomic E-state index is 0.00113. The number of amides is 2. The maximum absolute atomic E-state index is 12.2. The molecule has 0 spiro atoms. The summed E-state index contributed by atoms with van der Waals surface area (Å²) >= 11 is 2.69. The molecule has 0 aliphatic carbocycles. The normalized spacial score (nSPS) is 14.5. The zero-order valence-electron chi connectivity index (χ0n) is 12.8. The van der Waals surface area contributed by atoms with Crippen molar-refractivity contribution in [3.63, 3.8) is 0 Å². The molecule has 24 heavy (non-hydrogen) atoms. The summed E-state index contributed by atoms with van der Waals surface area (Å²) < 4.78 is 5.04. The molecule has 2 aromatic heterocycles. The number of ether oxygens (including phenoxy) is 1. The van der Waals surface area contributed by atoms with Crippen LogP contribution >= 0.6 is 22.7 Å². The second-order valence-corrected chi connectivity index (χ2v) is 7.10. The molecule has 1 aliphatic heterocycles. The Morgan fingerprint density at radius 2 is 1.50 bits per heavy atom. The average Bonchev–Trinajstić information content (AvgIpc) is 3.32. The highest BCUT2D eigenvalue weighted by atomic mass is 32.1. The van der Waals surface area contributed by atoms with Crippen molar-refractivity contribution >= 4 is 40.5 Å². The molecule has 0 N–H and O–H groups in total. The molecule has 0 saturated carbocycles. The number of carbonyl (C=O) groups excluding carboxylic acids is 3. The summed E-state index contributed by atoms with van der Waals surface area (Å²) in [6.07, 6.45) is 0. The minimum Gasteiger partial charge on any atom is -0.451 e. The number of thiophene rings is 2. The molecule has 1 saturated heterocycles. The highest BCUT2D eigenvalue weighted by Gasteiger charge is 2.25. The number of esters is 1. The van der Waals surface area contributed by atoms with Gasteiger partial charge >= 0.3 is 5.97 Å². The SMILES string of the molecule is O=C(OCC(=O)N1CCN(C(=O)c2cccs2)CC1)c1cccs1. The van der Waals surface area contributed by atoms with Crippen molar-refractivity contribution in [1.82, 2.24) is 9.80 Å². The van der Waals surface area contributed by atoms with Gasteiger partial charge in [0, 0.05) is 26.2 Å². The van der Waals surface area contributed by atoms with Crippen LogP contribution in [0.2, 0.25) is 0 Å². The monoisotopic (exact) mass is 364 g/mol. The van der Waals surface area contributed by atoms with Gasteiger partial charge in [-0.25, -0.2) is 4.79 Å². The second kappa shape index (κ2) is 7.59.